The first-order chi connectivity index (χ1) is 8.86. The highest BCUT2D eigenvalue weighted by Gasteiger charge is 2.19. The van der Waals surface area contributed by atoms with E-state index in [1.54, 1.807) is 16.8 Å². The van der Waals surface area contributed by atoms with Gasteiger partial charge in [-0.25, -0.2) is 4.79 Å². The Morgan fingerprint density at radius 1 is 1.53 bits per heavy atom. The molecule has 1 unspecified atom stereocenters. The molecule has 7 heteroatoms. The van der Waals surface area contributed by atoms with E-state index in [4.69, 9.17) is 5.73 Å². The third-order valence-electron chi connectivity index (χ3n) is 2.59. The van der Waals surface area contributed by atoms with Gasteiger partial charge in [0.15, 0.2) is 6.10 Å². The molecule has 1 heterocycles. The molecule has 0 aromatic carbocycles. The molecule has 0 saturated heterocycles. The number of anilines is 1. The molecule has 0 aliphatic carbocycles. The van der Waals surface area contributed by atoms with Crippen molar-refractivity contribution in [1.82, 2.24) is 9.88 Å². The van der Waals surface area contributed by atoms with Gasteiger partial charge < -0.3 is 25.5 Å². The molecule has 0 aliphatic heterocycles. The van der Waals surface area contributed by atoms with Crippen LogP contribution >= 0.6 is 0 Å². The van der Waals surface area contributed by atoms with Crippen LogP contribution in [0.25, 0.3) is 0 Å². The highest BCUT2D eigenvalue weighted by atomic mass is 16.5. The zero-order chi connectivity index (χ0) is 14.6. The summed E-state index contributed by atoms with van der Waals surface area (Å²) in [6, 6.07) is 1.61. The van der Waals surface area contributed by atoms with Crippen molar-refractivity contribution >= 4 is 17.6 Å². The van der Waals surface area contributed by atoms with Crippen molar-refractivity contribution in [2.45, 2.75) is 26.0 Å². The van der Waals surface area contributed by atoms with E-state index in [1.807, 2.05) is 13.8 Å². The minimum Gasteiger partial charge on any atom is -0.467 e. The first-order valence-electron chi connectivity index (χ1n) is 5.88. The van der Waals surface area contributed by atoms with Crippen LogP contribution in [0.2, 0.25) is 0 Å². The van der Waals surface area contributed by atoms with Crippen LogP contribution in [0.4, 0.5) is 5.69 Å². The van der Waals surface area contributed by atoms with E-state index in [2.05, 4.69) is 10.1 Å². The summed E-state index contributed by atoms with van der Waals surface area (Å²) < 4.78 is 6.07. The predicted octanol–water partition coefficient (Wildman–Crippen LogP) is -0.0851. The third kappa shape index (κ3) is 3.72. The summed E-state index contributed by atoms with van der Waals surface area (Å²) in [6.07, 6.45) is 0.282. The van der Waals surface area contributed by atoms with Gasteiger partial charge in [-0.05, 0) is 19.9 Å². The second-order valence-corrected chi connectivity index (χ2v) is 4.41. The molecule has 0 radical (unpaired) electrons. The second kappa shape index (κ2) is 6.24. The number of nitrogen functional groups attached to an aromatic ring is 1. The monoisotopic (exact) mass is 269 g/mol. The summed E-state index contributed by atoms with van der Waals surface area (Å²) in [5, 5.41) is 11.8. The molecule has 0 fully saturated rings. The van der Waals surface area contributed by atoms with Crippen molar-refractivity contribution in [3.8, 4) is 0 Å². The van der Waals surface area contributed by atoms with E-state index in [-0.39, 0.29) is 12.6 Å². The highest BCUT2D eigenvalue weighted by Crippen LogP contribution is 2.16. The van der Waals surface area contributed by atoms with Crippen molar-refractivity contribution in [3.05, 3.63) is 18.0 Å². The lowest BCUT2D eigenvalue weighted by molar-refractivity contribution is -0.149. The van der Waals surface area contributed by atoms with E-state index < -0.39 is 18.0 Å². The summed E-state index contributed by atoms with van der Waals surface area (Å²) >= 11 is 0. The van der Waals surface area contributed by atoms with Crippen molar-refractivity contribution in [3.63, 3.8) is 0 Å². The lowest BCUT2D eigenvalue weighted by atomic mass is 10.3. The standard InChI is InChI=1S/C12H19N3O4/c1-7(2)15-6-8(13)4-9(15)11(17)14-5-10(16)12(18)19-3/h4,6-7,10,16H,5,13H2,1-3H3,(H,14,17). The number of rotatable bonds is 5. The van der Waals surface area contributed by atoms with Gasteiger partial charge in [0.25, 0.3) is 5.91 Å². The van der Waals surface area contributed by atoms with E-state index in [9.17, 15) is 14.7 Å². The Morgan fingerprint density at radius 3 is 2.68 bits per heavy atom. The van der Waals surface area contributed by atoms with E-state index in [1.165, 1.54) is 0 Å². The van der Waals surface area contributed by atoms with Crippen molar-refractivity contribution in [2.24, 2.45) is 0 Å². The number of nitrogens with two attached hydrogens (primary N) is 1. The molecule has 1 aromatic heterocycles. The average Bonchev–Trinajstić information content (AvgIpc) is 2.76. The maximum absolute atomic E-state index is 11.9. The number of amides is 1. The fourth-order valence-electron chi connectivity index (χ4n) is 1.61. The second-order valence-electron chi connectivity index (χ2n) is 4.41. The lowest BCUT2D eigenvalue weighted by Gasteiger charge is -2.13. The first kappa shape index (κ1) is 15.0. The maximum atomic E-state index is 11.9. The average molecular weight is 269 g/mol. The Kier molecular flexibility index (Phi) is 4.94. The molecule has 0 spiro atoms. The molecule has 1 aromatic rings. The SMILES string of the molecule is COC(=O)C(O)CNC(=O)c1cc(N)cn1C(C)C. The van der Waals surface area contributed by atoms with Crippen LogP contribution in [-0.4, -0.2) is 41.3 Å². The zero-order valence-electron chi connectivity index (χ0n) is 11.2. The lowest BCUT2D eigenvalue weighted by Crippen LogP contribution is -2.38. The number of nitrogens with zero attached hydrogens (tertiary/aromatic N) is 1. The number of ether oxygens (including phenoxy) is 1. The Morgan fingerprint density at radius 2 is 2.16 bits per heavy atom. The number of aliphatic hydroxyl groups is 1. The summed E-state index contributed by atoms with van der Waals surface area (Å²) in [5.74, 6) is -1.20. The van der Waals surface area contributed by atoms with Crippen molar-refractivity contribution in [1.29, 1.82) is 0 Å². The van der Waals surface area contributed by atoms with Crippen LogP contribution in [0.1, 0.15) is 30.4 Å². The van der Waals surface area contributed by atoms with Crippen LogP contribution in [0.5, 0.6) is 0 Å². The fraction of sp³-hybridized carbons (Fsp3) is 0.500. The van der Waals surface area contributed by atoms with Crippen LogP contribution in [0.15, 0.2) is 12.3 Å². The smallest absolute Gasteiger partial charge is 0.336 e. The number of aliphatic hydroxyl groups excluding tert-OH is 1. The number of carbonyl (C=O) groups is 2. The van der Waals surface area contributed by atoms with Gasteiger partial charge in [0.2, 0.25) is 0 Å². The van der Waals surface area contributed by atoms with Crippen LogP contribution in [-0.2, 0) is 9.53 Å². The summed E-state index contributed by atoms with van der Waals surface area (Å²) in [4.78, 5) is 22.9. The third-order valence-corrected chi connectivity index (χ3v) is 2.59. The fourth-order valence-corrected chi connectivity index (χ4v) is 1.61. The summed E-state index contributed by atoms with van der Waals surface area (Å²) in [6.45, 7) is 3.62. The Balaban J connectivity index is 2.71. The number of methoxy groups -OCH3 is 1. The normalized spacial score (nSPS) is 12.3. The topological polar surface area (TPSA) is 107 Å². The number of esters is 1. The molecule has 4 N–H and O–H groups in total. The Labute approximate surface area is 111 Å². The van der Waals surface area contributed by atoms with Gasteiger partial charge in [0.1, 0.15) is 5.69 Å². The number of hydrogen-bond donors (Lipinski definition) is 3. The van der Waals surface area contributed by atoms with Crippen molar-refractivity contribution in [2.75, 3.05) is 19.4 Å². The molecule has 0 aliphatic rings. The van der Waals surface area contributed by atoms with Gasteiger partial charge in [0.05, 0.1) is 19.3 Å². The van der Waals surface area contributed by atoms with Gasteiger partial charge in [-0.1, -0.05) is 0 Å². The molecule has 0 saturated carbocycles. The van der Waals surface area contributed by atoms with E-state index >= 15 is 0 Å². The molecule has 1 atom stereocenters. The predicted molar refractivity (Wildman–Crippen MR) is 69.6 cm³/mol. The Hall–Kier alpha value is -2.02. The van der Waals surface area contributed by atoms with Crippen LogP contribution in [0.3, 0.4) is 0 Å². The van der Waals surface area contributed by atoms with E-state index in [0.717, 1.165) is 7.11 Å². The van der Waals surface area contributed by atoms with Crippen molar-refractivity contribution < 1.29 is 19.4 Å². The summed E-state index contributed by atoms with van der Waals surface area (Å²) in [5.41, 5.74) is 6.51. The van der Waals surface area contributed by atoms with Gasteiger partial charge in [-0.2, -0.15) is 0 Å². The molecule has 1 rings (SSSR count). The quantitative estimate of drug-likeness (QED) is 0.648. The number of aromatic nitrogens is 1. The van der Waals surface area contributed by atoms with Gasteiger partial charge in [-0.15, -0.1) is 0 Å². The number of hydrogen-bond acceptors (Lipinski definition) is 5. The summed E-state index contributed by atoms with van der Waals surface area (Å²) in [7, 11) is 1.16. The molecule has 106 valence electrons. The largest absolute Gasteiger partial charge is 0.467 e. The van der Waals surface area contributed by atoms with E-state index in [0.29, 0.717) is 11.4 Å². The van der Waals surface area contributed by atoms with Crippen LogP contribution in [0, 0.1) is 0 Å². The van der Waals surface area contributed by atoms with Gasteiger partial charge >= 0.3 is 5.97 Å². The number of carbonyl (C=O) groups excluding carboxylic acids is 2. The zero-order valence-corrected chi connectivity index (χ0v) is 11.2. The highest BCUT2D eigenvalue weighted by molar-refractivity contribution is 5.94. The minimum absolute atomic E-state index is 0.0728. The van der Waals surface area contributed by atoms with Gasteiger partial charge in [-0.3, -0.25) is 4.79 Å². The molecular formula is C12H19N3O4. The molecule has 0 bridgehead atoms. The van der Waals surface area contributed by atoms with Crippen LogP contribution < -0.4 is 11.1 Å². The van der Waals surface area contributed by atoms with Gasteiger partial charge in [0, 0.05) is 12.2 Å². The minimum atomic E-state index is -1.38. The Bertz CT molecular complexity index is 468. The molecule has 7 nitrogen and oxygen atoms in total. The number of nitrogens with one attached hydrogen (secondary N) is 1. The first-order valence-corrected chi connectivity index (χ1v) is 5.88. The molecule has 19 heavy (non-hydrogen) atoms. The maximum Gasteiger partial charge on any atom is 0.336 e. The molecular weight excluding hydrogens is 250 g/mol. The molecule has 1 amide bonds.